The molecule has 1 heterocycles. The first-order valence-corrected chi connectivity index (χ1v) is 13.8. The Kier molecular flexibility index (Phi) is 9.88. The maximum absolute atomic E-state index is 9.89. The molecule has 162 valence electrons. The summed E-state index contributed by atoms with van der Waals surface area (Å²) in [7, 11) is -1.83. The van der Waals surface area contributed by atoms with E-state index in [0.29, 0.717) is 5.92 Å². The van der Waals surface area contributed by atoms with Crippen LogP contribution in [0.15, 0.2) is 36.5 Å². The van der Waals surface area contributed by atoms with E-state index in [1.165, 1.54) is 5.57 Å². The van der Waals surface area contributed by atoms with Crippen molar-refractivity contribution < 1.29 is 14.3 Å². The molecule has 5 atom stereocenters. The molecular weight excluding hydrogens is 364 g/mol. The van der Waals surface area contributed by atoms with E-state index >= 15 is 0 Å². The summed E-state index contributed by atoms with van der Waals surface area (Å²) in [5.74, 6) is 0.678. The smallest absolute Gasteiger partial charge is 0.192 e. The summed E-state index contributed by atoms with van der Waals surface area (Å²) < 4.78 is 12.4. The Balaban J connectivity index is 2.67. The highest BCUT2D eigenvalue weighted by Crippen LogP contribution is 2.38. The summed E-state index contributed by atoms with van der Waals surface area (Å²) in [5.41, 5.74) is 1.25. The van der Waals surface area contributed by atoms with E-state index in [1.807, 2.05) is 13.0 Å². The van der Waals surface area contributed by atoms with Crippen molar-refractivity contribution in [2.45, 2.75) is 104 Å². The van der Waals surface area contributed by atoms with Crippen molar-refractivity contribution >= 4 is 8.32 Å². The van der Waals surface area contributed by atoms with Gasteiger partial charge in [-0.3, -0.25) is 0 Å². The van der Waals surface area contributed by atoms with Crippen LogP contribution in [0.25, 0.3) is 0 Å². The van der Waals surface area contributed by atoms with Gasteiger partial charge in [-0.2, -0.15) is 0 Å². The summed E-state index contributed by atoms with van der Waals surface area (Å²) in [4.78, 5) is 0. The summed E-state index contributed by atoms with van der Waals surface area (Å²) >= 11 is 0. The average molecular weight is 409 g/mol. The van der Waals surface area contributed by atoms with Gasteiger partial charge in [0.05, 0.1) is 12.2 Å². The van der Waals surface area contributed by atoms with E-state index in [1.54, 1.807) is 0 Å². The standard InChI is InChI=1S/C24H44O3Si/c1-10-11-19(3)22(27-28(8,9)24(5,6)7)17-13-18(2)12-15-21-16-14-20(4)23(25)26-21/h10-12,15,18,20-23,25H,1,13-14,16-17H2,2-9H3/b15-12+,19-11+/t18-,20+,21+,22-,23?/m1/s1. The molecule has 0 aromatic heterocycles. The van der Waals surface area contributed by atoms with Crippen molar-refractivity contribution in [1.29, 1.82) is 0 Å². The summed E-state index contributed by atoms with van der Waals surface area (Å²) in [6.45, 7) is 21.8. The molecule has 1 aliphatic heterocycles. The second kappa shape index (κ2) is 10.9. The van der Waals surface area contributed by atoms with E-state index in [-0.39, 0.29) is 23.2 Å². The second-order valence-electron chi connectivity index (χ2n) is 10.1. The molecule has 1 aliphatic rings. The van der Waals surface area contributed by atoms with Crippen LogP contribution in [-0.2, 0) is 9.16 Å². The van der Waals surface area contributed by atoms with E-state index in [9.17, 15) is 5.11 Å². The van der Waals surface area contributed by atoms with Gasteiger partial charge in [-0.15, -0.1) is 0 Å². The van der Waals surface area contributed by atoms with Crippen molar-refractivity contribution in [3.8, 4) is 0 Å². The van der Waals surface area contributed by atoms with Gasteiger partial charge >= 0.3 is 0 Å². The van der Waals surface area contributed by atoms with Crippen LogP contribution in [0.3, 0.4) is 0 Å². The molecule has 1 unspecified atom stereocenters. The van der Waals surface area contributed by atoms with E-state index < -0.39 is 14.6 Å². The number of aliphatic hydroxyl groups is 1. The zero-order valence-corrected chi connectivity index (χ0v) is 20.5. The van der Waals surface area contributed by atoms with Crippen molar-refractivity contribution in [2.24, 2.45) is 11.8 Å². The molecule has 0 aromatic carbocycles. The third kappa shape index (κ3) is 7.98. The number of allylic oxidation sites excluding steroid dienone is 3. The summed E-state index contributed by atoms with van der Waals surface area (Å²) in [5, 5.41) is 10.1. The molecule has 4 heteroatoms. The highest BCUT2D eigenvalue weighted by Gasteiger charge is 2.39. The third-order valence-corrected chi connectivity index (χ3v) is 10.9. The van der Waals surface area contributed by atoms with Crippen molar-refractivity contribution in [3.05, 3.63) is 36.5 Å². The van der Waals surface area contributed by atoms with Gasteiger partial charge in [-0.1, -0.05) is 65.5 Å². The first kappa shape index (κ1) is 25.4. The van der Waals surface area contributed by atoms with Gasteiger partial charge in [-0.05, 0) is 62.2 Å². The number of hydrogen-bond donors (Lipinski definition) is 1. The van der Waals surface area contributed by atoms with Crippen LogP contribution >= 0.6 is 0 Å². The molecule has 0 aliphatic carbocycles. The van der Waals surface area contributed by atoms with Crippen LogP contribution in [0.2, 0.25) is 18.1 Å². The minimum atomic E-state index is -1.83. The molecular formula is C24H44O3Si. The molecule has 1 fully saturated rings. The second-order valence-corrected chi connectivity index (χ2v) is 14.8. The molecule has 0 saturated carbocycles. The first-order valence-electron chi connectivity index (χ1n) is 10.9. The Morgan fingerprint density at radius 2 is 1.93 bits per heavy atom. The van der Waals surface area contributed by atoms with E-state index in [0.717, 1.165) is 25.7 Å². The van der Waals surface area contributed by atoms with Gasteiger partial charge in [0.1, 0.15) is 0 Å². The van der Waals surface area contributed by atoms with E-state index in [4.69, 9.17) is 9.16 Å². The maximum Gasteiger partial charge on any atom is 0.192 e. The fourth-order valence-electron chi connectivity index (χ4n) is 3.12. The lowest BCUT2D eigenvalue weighted by Crippen LogP contribution is -2.44. The Morgan fingerprint density at radius 1 is 1.29 bits per heavy atom. The molecule has 28 heavy (non-hydrogen) atoms. The van der Waals surface area contributed by atoms with Gasteiger partial charge in [0.2, 0.25) is 0 Å². The number of aliphatic hydroxyl groups excluding tert-OH is 1. The van der Waals surface area contributed by atoms with Crippen molar-refractivity contribution in [2.75, 3.05) is 0 Å². The van der Waals surface area contributed by atoms with Gasteiger partial charge < -0.3 is 14.3 Å². The molecule has 1 rings (SSSR count). The predicted molar refractivity (Wildman–Crippen MR) is 123 cm³/mol. The minimum absolute atomic E-state index is 0.0373. The van der Waals surface area contributed by atoms with Crippen molar-refractivity contribution in [3.63, 3.8) is 0 Å². The quantitative estimate of drug-likeness (QED) is 0.265. The Morgan fingerprint density at radius 3 is 2.46 bits per heavy atom. The van der Waals surface area contributed by atoms with Gasteiger partial charge in [0.25, 0.3) is 0 Å². The van der Waals surface area contributed by atoms with Gasteiger partial charge in [0, 0.05) is 5.92 Å². The largest absolute Gasteiger partial charge is 0.410 e. The Bertz CT molecular complexity index is 545. The van der Waals surface area contributed by atoms with Gasteiger partial charge in [-0.25, -0.2) is 0 Å². The Labute approximate surface area is 175 Å². The van der Waals surface area contributed by atoms with Crippen LogP contribution in [0.4, 0.5) is 0 Å². The third-order valence-electron chi connectivity index (χ3n) is 6.38. The highest BCUT2D eigenvalue weighted by molar-refractivity contribution is 6.74. The lowest BCUT2D eigenvalue weighted by Gasteiger charge is -2.40. The maximum atomic E-state index is 9.89. The molecule has 0 spiro atoms. The van der Waals surface area contributed by atoms with Gasteiger partial charge in [0.15, 0.2) is 14.6 Å². The fraction of sp³-hybridized carbons (Fsp3) is 0.750. The van der Waals surface area contributed by atoms with Crippen LogP contribution in [0, 0.1) is 11.8 Å². The number of rotatable bonds is 9. The zero-order chi connectivity index (χ0) is 21.5. The monoisotopic (exact) mass is 408 g/mol. The van der Waals surface area contributed by atoms with Crippen LogP contribution in [0.5, 0.6) is 0 Å². The predicted octanol–water partition coefficient (Wildman–Crippen LogP) is 6.62. The number of ether oxygens (including phenoxy) is 1. The SMILES string of the molecule is C=C/C=C(\C)[C@@H](CC[C@H](C)/C=C/[C@H]1CC[C@H](C)C(O)O1)O[Si](C)(C)C(C)(C)C. The summed E-state index contributed by atoms with van der Waals surface area (Å²) in [6.07, 6.45) is 11.9. The summed E-state index contributed by atoms with van der Waals surface area (Å²) in [6, 6.07) is 0. The molecule has 0 radical (unpaired) electrons. The average Bonchev–Trinajstić information content (AvgIpc) is 2.58. The van der Waals surface area contributed by atoms with Crippen LogP contribution in [-0.4, -0.2) is 31.9 Å². The molecule has 1 saturated heterocycles. The lowest BCUT2D eigenvalue weighted by atomic mass is 9.96. The Hall–Kier alpha value is -0.683. The van der Waals surface area contributed by atoms with Crippen LogP contribution in [0.1, 0.15) is 67.2 Å². The number of hydrogen-bond acceptors (Lipinski definition) is 3. The minimum Gasteiger partial charge on any atom is -0.410 e. The topological polar surface area (TPSA) is 38.7 Å². The zero-order valence-electron chi connectivity index (χ0n) is 19.5. The first-order chi connectivity index (χ1) is 12.9. The normalized spacial score (nSPS) is 27.0. The molecule has 3 nitrogen and oxygen atoms in total. The van der Waals surface area contributed by atoms with E-state index in [2.05, 4.69) is 72.5 Å². The molecule has 0 amide bonds. The molecule has 0 aromatic rings. The van der Waals surface area contributed by atoms with Crippen LogP contribution < -0.4 is 0 Å². The highest BCUT2D eigenvalue weighted by atomic mass is 28.4. The fourth-order valence-corrected chi connectivity index (χ4v) is 4.49. The molecule has 0 bridgehead atoms. The van der Waals surface area contributed by atoms with Crippen molar-refractivity contribution in [1.82, 2.24) is 0 Å². The molecule has 1 N–H and O–H groups in total. The lowest BCUT2D eigenvalue weighted by molar-refractivity contribution is -0.176.